The summed E-state index contributed by atoms with van der Waals surface area (Å²) >= 11 is 0. The quantitative estimate of drug-likeness (QED) is 0.136. The Bertz CT molecular complexity index is 1830. The van der Waals surface area contributed by atoms with Crippen molar-refractivity contribution in [3.63, 3.8) is 0 Å². The van der Waals surface area contributed by atoms with Crippen molar-refractivity contribution >= 4 is 28.8 Å². The molecule has 0 fully saturated rings. The lowest BCUT2D eigenvalue weighted by molar-refractivity contribution is 0.0599. The molecule has 5 rings (SSSR count). The molecule has 0 bridgehead atoms. The Kier molecular flexibility index (Phi) is 8.36. The second kappa shape index (κ2) is 12.2. The third-order valence-electron chi connectivity index (χ3n) is 7.91. The molecule has 0 saturated carbocycles. The number of nitrogens with zero attached hydrogens (tertiary/aromatic N) is 1. The van der Waals surface area contributed by atoms with Crippen LogP contribution in [0.2, 0.25) is 0 Å². The summed E-state index contributed by atoms with van der Waals surface area (Å²) in [7, 11) is 0. The molecule has 221 valence electrons. The summed E-state index contributed by atoms with van der Waals surface area (Å²) in [4.78, 5) is 28.9. The first-order valence-corrected chi connectivity index (χ1v) is 14.5. The smallest absolute Gasteiger partial charge is 0.255 e. The van der Waals surface area contributed by atoms with E-state index in [4.69, 9.17) is 15.9 Å². The zero-order chi connectivity index (χ0) is 31.5. The number of fused-ring (bicyclic) bond motifs is 1. The van der Waals surface area contributed by atoms with Gasteiger partial charge in [0, 0.05) is 17.7 Å². The molecule has 0 aliphatic heterocycles. The number of amides is 1. The van der Waals surface area contributed by atoms with E-state index in [9.17, 15) is 9.59 Å². The molecular formula is C38H36N3O3. The maximum Gasteiger partial charge on any atom is 0.255 e. The third-order valence-corrected chi connectivity index (χ3v) is 7.91. The minimum Gasteiger partial charge on any atom is -0.457 e. The highest BCUT2D eigenvalue weighted by Gasteiger charge is 2.39. The molecule has 0 unspecified atom stereocenters. The van der Waals surface area contributed by atoms with Gasteiger partial charge in [0.15, 0.2) is 0 Å². The number of hydrogen-bond donors (Lipinski definition) is 2. The molecule has 6 heteroatoms. The van der Waals surface area contributed by atoms with Crippen LogP contribution in [0, 0.1) is 5.41 Å². The van der Waals surface area contributed by atoms with E-state index in [0.29, 0.717) is 28.2 Å². The van der Waals surface area contributed by atoms with Crippen molar-refractivity contribution in [2.24, 2.45) is 5.73 Å². The summed E-state index contributed by atoms with van der Waals surface area (Å²) in [6.07, 6.45) is 2.22. The number of ether oxygens (including phenoxy) is 1. The van der Waals surface area contributed by atoms with Crippen LogP contribution in [0.3, 0.4) is 0 Å². The Morgan fingerprint density at radius 1 is 0.795 bits per heavy atom. The summed E-state index contributed by atoms with van der Waals surface area (Å²) in [5.74, 6) is 0.770. The highest BCUT2D eigenvalue weighted by atomic mass is 16.5. The number of rotatable bonds is 9. The van der Waals surface area contributed by atoms with Gasteiger partial charge < -0.3 is 15.4 Å². The highest BCUT2D eigenvalue weighted by molar-refractivity contribution is 6.02. The van der Waals surface area contributed by atoms with Crippen LogP contribution in [-0.2, 0) is 22.3 Å². The van der Waals surface area contributed by atoms with Crippen molar-refractivity contribution < 1.29 is 14.3 Å². The second-order valence-corrected chi connectivity index (χ2v) is 12.1. The van der Waals surface area contributed by atoms with Gasteiger partial charge in [-0.3, -0.25) is 15.0 Å². The van der Waals surface area contributed by atoms with Crippen LogP contribution < -0.4 is 10.5 Å². The van der Waals surface area contributed by atoms with Crippen molar-refractivity contribution in [2.45, 2.75) is 45.2 Å². The van der Waals surface area contributed by atoms with Crippen LogP contribution in [0.1, 0.15) is 60.3 Å². The molecule has 0 saturated heterocycles. The summed E-state index contributed by atoms with van der Waals surface area (Å²) in [5.41, 5.74) is 7.69. The average Bonchev–Trinajstić information content (AvgIpc) is 3.03. The topological polar surface area (TPSA) is 96.5 Å². The molecule has 6 nitrogen and oxygen atoms in total. The Hall–Kier alpha value is -5.23. The van der Waals surface area contributed by atoms with Gasteiger partial charge in [0.05, 0.1) is 0 Å². The van der Waals surface area contributed by atoms with E-state index < -0.39 is 11.4 Å². The predicted octanol–water partition coefficient (Wildman–Crippen LogP) is 7.88. The summed E-state index contributed by atoms with van der Waals surface area (Å²) in [5, 5.41) is 9.68. The molecule has 1 amide bonds. The Balaban J connectivity index is 1.55. The predicted molar refractivity (Wildman–Crippen MR) is 176 cm³/mol. The molecule has 44 heavy (non-hydrogen) atoms. The normalized spacial score (nSPS) is 12.7. The molecule has 1 radical (unpaired) electrons. The average molecular weight is 583 g/mol. The monoisotopic (exact) mass is 582 g/mol. The lowest BCUT2D eigenvalue weighted by Crippen LogP contribution is -2.48. The van der Waals surface area contributed by atoms with Crippen LogP contribution in [0.25, 0.3) is 10.8 Å². The Morgan fingerprint density at radius 3 is 2.16 bits per heavy atom. The van der Waals surface area contributed by atoms with E-state index in [-0.39, 0.29) is 17.8 Å². The van der Waals surface area contributed by atoms with Gasteiger partial charge in [-0.25, -0.2) is 0 Å². The maximum absolute atomic E-state index is 14.3. The number of benzene rings is 5. The van der Waals surface area contributed by atoms with Crippen LogP contribution in [-0.4, -0.2) is 22.9 Å². The van der Waals surface area contributed by atoms with E-state index in [1.807, 2.05) is 78.9 Å². The van der Waals surface area contributed by atoms with Gasteiger partial charge in [-0.1, -0.05) is 99.6 Å². The minimum absolute atomic E-state index is 0.0324. The first kappa shape index (κ1) is 30.2. The fraction of sp³-hybridized carbons (Fsp3) is 0.184. The summed E-state index contributed by atoms with van der Waals surface area (Å²) < 4.78 is 6.19. The van der Waals surface area contributed by atoms with Crippen molar-refractivity contribution in [2.75, 3.05) is 0 Å². The van der Waals surface area contributed by atoms with Gasteiger partial charge in [0.1, 0.15) is 22.9 Å². The van der Waals surface area contributed by atoms with E-state index >= 15 is 0 Å². The zero-order valence-electron chi connectivity index (χ0n) is 25.4. The molecule has 5 aromatic carbocycles. The highest BCUT2D eigenvalue weighted by Crippen LogP contribution is 2.35. The van der Waals surface area contributed by atoms with Crippen LogP contribution >= 0.6 is 0 Å². The van der Waals surface area contributed by atoms with Crippen molar-refractivity contribution in [1.29, 1.82) is 5.41 Å². The fourth-order valence-electron chi connectivity index (χ4n) is 5.36. The van der Waals surface area contributed by atoms with E-state index in [1.54, 1.807) is 31.2 Å². The molecule has 0 spiro atoms. The second-order valence-electron chi connectivity index (χ2n) is 12.1. The molecule has 1 atom stereocenters. The maximum atomic E-state index is 14.3. The molecule has 5 aromatic rings. The van der Waals surface area contributed by atoms with Crippen molar-refractivity contribution in [3.8, 4) is 11.5 Å². The van der Waals surface area contributed by atoms with Gasteiger partial charge in [0.2, 0.25) is 6.29 Å². The number of carbonyl (C=O) groups excluding carboxylic acids is 2. The number of amidine groups is 1. The van der Waals surface area contributed by atoms with Gasteiger partial charge in [-0.15, -0.1) is 0 Å². The molecule has 0 aliphatic rings. The first-order valence-electron chi connectivity index (χ1n) is 14.5. The molecule has 3 N–H and O–H groups in total. The standard InChI is InChI=1S/C38H36N3O3/c1-37(2,3)30-18-20-31(21-19-30)44-32-15-7-10-26(22-32)24-41(36(43)29-14-8-13-28(23-29)35(39)40)38(4,25-42)34-17-9-12-27-11-5-6-16-33(27)34/h5-23H,24H2,1-4H3,(H3,39,40)/t38-/m0/s1. The molecular weight excluding hydrogens is 546 g/mol. The number of nitrogen functional groups attached to an aromatic ring is 1. The van der Waals surface area contributed by atoms with Crippen LogP contribution in [0.5, 0.6) is 11.5 Å². The van der Waals surface area contributed by atoms with Gasteiger partial charge in [-0.2, -0.15) is 0 Å². The lowest BCUT2D eigenvalue weighted by atomic mass is 9.86. The van der Waals surface area contributed by atoms with Gasteiger partial charge >= 0.3 is 0 Å². The Morgan fingerprint density at radius 2 is 1.45 bits per heavy atom. The minimum atomic E-state index is -1.45. The van der Waals surface area contributed by atoms with E-state index in [1.165, 1.54) is 10.5 Å². The van der Waals surface area contributed by atoms with Crippen molar-refractivity contribution in [3.05, 3.63) is 143 Å². The number of carbonyl (C=O) groups is 1. The lowest BCUT2D eigenvalue weighted by Gasteiger charge is -2.38. The van der Waals surface area contributed by atoms with Gasteiger partial charge in [0.25, 0.3) is 5.91 Å². The fourth-order valence-corrected chi connectivity index (χ4v) is 5.36. The summed E-state index contributed by atoms with van der Waals surface area (Å²) in [6, 6.07) is 35.6. The third kappa shape index (κ3) is 6.25. The van der Waals surface area contributed by atoms with Crippen LogP contribution in [0.15, 0.2) is 115 Å². The first-order chi connectivity index (χ1) is 21.0. The molecule has 0 aliphatic carbocycles. The van der Waals surface area contributed by atoms with Gasteiger partial charge in [-0.05, 0) is 76.2 Å². The number of nitrogens with two attached hydrogens (primary N) is 1. The molecule has 0 aromatic heterocycles. The molecule has 0 heterocycles. The number of nitrogens with one attached hydrogen (secondary N) is 1. The number of hydrogen-bond acceptors (Lipinski definition) is 4. The SMILES string of the molecule is CC(C)(C)c1ccc(Oc2cccc(CN(C(=O)c3cccc(C(=N)N)c3)[C@@](C)([C]=O)c3cccc4ccccc34)c2)cc1. The zero-order valence-corrected chi connectivity index (χ0v) is 25.4. The Labute approximate surface area is 258 Å². The van der Waals surface area contributed by atoms with E-state index in [2.05, 4.69) is 39.2 Å². The largest absolute Gasteiger partial charge is 0.457 e. The van der Waals surface area contributed by atoms with Crippen LogP contribution in [0.4, 0.5) is 0 Å². The van der Waals surface area contributed by atoms with E-state index in [0.717, 1.165) is 16.3 Å². The van der Waals surface area contributed by atoms with Crippen molar-refractivity contribution in [1.82, 2.24) is 4.90 Å². The summed E-state index contributed by atoms with van der Waals surface area (Å²) in [6.45, 7) is 8.30.